The zero-order valence-corrected chi connectivity index (χ0v) is 6.82. The maximum atomic E-state index is 4.15. The molecular formula is C7H4N4S. The highest BCUT2D eigenvalue weighted by Gasteiger charge is 2.11. The van der Waals surface area contributed by atoms with Gasteiger partial charge in [0.2, 0.25) is 0 Å². The molecule has 0 N–H and O–H groups in total. The van der Waals surface area contributed by atoms with Crippen LogP contribution in [0.25, 0.3) is 17.4 Å². The largest absolute Gasteiger partial charge is 0.301 e. The van der Waals surface area contributed by atoms with Crippen LogP contribution >= 0.6 is 11.8 Å². The molecular weight excluding hydrogens is 172 g/mol. The third-order valence-electron chi connectivity index (χ3n) is 1.73. The molecule has 0 bridgehead atoms. The predicted molar refractivity (Wildman–Crippen MR) is 46.5 cm³/mol. The first-order valence-corrected chi connectivity index (χ1v) is 4.34. The summed E-state index contributed by atoms with van der Waals surface area (Å²) in [6.07, 6.45) is 5.25. The van der Waals surface area contributed by atoms with E-state index in [0.29, 0.717) is 0 Å². The lowest BCUT2D eigenvalue weighted by Gasteiger charge is -2.04. The van der Waals surface area contributed by atoms with Gasteiger partial charge in [0.15, 0.2) is 5.65 Å². The van der Waals surface area contributed by atoms with Crippen LogP contribution in [-0.4, -0.2) is 19.5 Å². The monoisotopic (exact) mass is 176 g/mol. The van der Waals surface area contributed by atoms with Crippen molar-refractivity contribution in [2.45, 2.75) is 5.03 Å². The lowest BCUT2D eigenvalue weighted by molar-refractivity contribution is 1.06. The van der Waals surface area contributed by atoms with E-state index in [2.05, 4.69) is 15.0 Å². The number of rotatable bonds is 0. The summed E-state index contributed by atoms with van der Waals surface area (Å²) in [6, 6.07) is 0. The Kier molecular flexibility index (Phi) is 1.07. The van der Waals surface area contributed by atoms with Gasteiger partial charge in [-0.1, -0.05) is 11.8 Å². The van der Waals surface area contributed by atoms with E-state index in [1.807, 2.05) is 16.2 Å². The first-order valence-electron chi connectivity index (χ1n) is 3.46. The zero-order chi connectivity index (χ0) is 7.97. The lowest BCUT2D eigenvalue weighted by atomic mass is 10.5. The average Bonchev–Trinajstić information content (AvgIpc) is 2.52. The quantitative estimate of drug-likeness (QED) is 0.568. The van der Waals surface area contributed by atoms with Crippen LogP contribution in [0.2, 0.25) is 0 Å². The minimum absolute atomic E-state index is 0.761. The number of hydrogen-bond acceptors (Lipinski definition) is 4. The Bertz CT molecular complexity index is 473. The van der Waals surface area contributed by atoms with Gasteiger partial charge in [-0.25, -0.2) is 15.0 Å². The molecule has 0 saturated heterocycles. The standard InChI is InChI=1S/C7H4N4S/c1-2-12-7-5-6(8-3-9-7)10-4-11(1)5/h1-4H. The van der Waals surface area contributed by atoms with Gasteiger partial charge < -0.3 is 4.57 Å². The Morgan fingerprint density at radius 3 is 3.25 bits per heavy atom. The third-order valence-corrected chi connectivity index (χ3v) is 2.51. The molecule has 12 heavy (non-hydrogen) atoms. The van der Waals surface area contributed by atoms with Crippen LogP contribution in [0.1, 0.15) is 0 Å². The van der Waals surface area contributed by atoms with Crippen molar-refractivity contribution < 1.29 is 0 Å². The summed E-state index contributed by atoms with van der Waals surface area (Å²) in [5.74, 6) is 0. The summed E-state index contributed by atoms with van der Waals surface area (Å²) < 4.78 is 1.93. The SMILES string of the molecule is C1=Cn2cnc3ncnc(c32)S1. The maximum Gasteiger partial charge on any atom is 0.182 e. The Morgan fingerprint density at radius 2 is 2.25 bits per heavy atom. The molecule has 0 fully saturated rings. The van der Waals surface area contributed by atoms with Crippen LogP contribution in [0.5, 0.6) is 0 Å². The van der Waals surface area contributed by atoms with E-state index < -0.39 is 0 Å². The highest BCUT2D eigenvalue weighted by atomic mass is 32.2. The second-order valence-electron chi connectivity index (χ2n) is 2.41. The van der Waals surface area contributed by atoms with Crippen molar-refractivity contribution in [1.82, 2.24) is 19.5 Å². The summed E-state index contributed by atoms with van der Waals surface area (Å²) in [5, 5.41) is 2.95. The normalized spacial score (nSPS) is 14.0. The van der Waals surface area contributed by atoms with Crippen molar-refractivity contribution in [3.63, 3.8) is 0 Å². The molecule has 58 valence electrons. The lowest BCUT2D eigenvalue weighted by Crippen LogP contribution is -1.92. The van der Waals surface area contributed by atoms with Gasteiger partial charge in [-0.3, -0.25) is 0 Å². The van der Waals surface area contributed by atoms with E-state index in [-0.39, 0.29) is 0 Å². The second-order valence-corrected chi connectivity index (χ2v) is 3.30. The molecule has 0 atom stereocenters. The topological polar surface area (TPSA) is 43.6 Å². The fraction of sp³-hybridized carbons (Fsp3) is 0. The van der Waals surface area contributed by atoms with Crippen molar-refractivity contribution in [1.29, 1.82) is 0 Å². The maximum absolute atomic E-state index is 4.15. The van der Waals surface area contributed by atoms with Gasteiger partial charge in [0, 0.05) is 6.20 Å². The summed E-state index contributed by atoms with van der Waals surface area (Å²) in [5.41, 5.74) is 1.77. The molecule has 0 saturated carbocycles. The van der Waals surface area contributed by atoms with Gasteiger partial charge in [-0.05, 0) is 5.41 Å². The van der Waals surface area contributed by atoms with Gasteiger partial charge in [0.05, 0.1) is 0 Å². The molecule has 2 aromatic rings. The molecule has 4 nitrogen and oxygen atoms in total. The fourth-order valence-electron chi connectivity index (χ4n) is 1.21. The number of nitrogens with zero attached hydrogens (tertiary/aromatic N) is 4. The van der Waals surface area contributed by atoms with E-state index in [4.69, 9.17) is 0 Å². The van der Waals surface area contributed by atoms with E-state index in [1.165, 1.54) is 0 Å². The van der Waals surface area contributed by atoms with Gasteiger partial charge in [-0.15, -0.1) is 0 Å². The fourth-order valence-corrected chi connectivity index (χ4v) is 1.95. The number of thioether (sulfide) groups is 1. The Morgan fingerprint density at radius 1 is 1.25 bits per heavy atom. The number of aromatic nitrogens is 4. The summed E-state index contributed by atoms with van der Waals surface area (Å²) in [7, 11) is 0. The highest BCUT2D eigenvalue weighted by molar-refractivity contribution is 8.02. The van der Waals surface area contributed by atoms with Crippen molar-refractivity contribution >= 4 is 29.1 Å². The third kappa shape index (κ3) is 0.660. The van der Waals surface area contributed by atoms with Crippen LogP contribution in [0.15, 0.2) is 23.1 Å². The smallest absolute Gasteiger partial charge is 0.182 e. The minimum Gasteiger partial charge on any atom is -0.301 e. The van der Waals surface area contributed by atoms with Crippen molar-refractivity contribution in [3.8, 4) is 0 Å². The summed E-state index contributed by atoms with van der Waals surface area (Å²) in [4.78, 5) is 12.3. The molecule has 0 aromatic carbocycles. The van der Waals surface area contributed by atoms with Crippen LogP contribution in [0.3, 0.4) is 0 Å². The Balaban J connectivity index is 2.57. The summed E-state index contributed by atoms with van der Waals surface area (Å²) >= 11 is 1.59. The zero-order valence-electron chi connectivity index (χ0n) is 6.01. The molecule has 0 unspecified atom stereocenters. The Hall–Kier alpha value is -1.36. The van der Waals surface area contributed by atoms with E-state index in [1.54, 1.807) is 24.4 Å². The Labute approximate surface area is 72.3 Å². The second kappa shape index (κ2) is 2.07. The van der Waals surface area contributed by atoms with Gasteiger partial charge in [0.25, 0.3) is 0 Å². The molecule has 2 aromatic heterocycles. The molecule has 0 amide bonds. The van der Waals surface area contributed by atoms with Crippen LogP contribution in [0, 0.1) is 0 Å². The molecule has 1 aliphatic rings. The predicted octanol–water partition coefficient (Wildman–Crippen LogP) is 1.36. The van der Waals surface area contributed by atoms with Crippen LogP contribution < -0.4 is 0 Å². The number of imidazole rings is 1. The first-order chi connectivity index (χ1) is 5.95. The van der Waals surface area contributed by atoms with Crippen molar-refractivity contribution in [3.05, 3.63) is 18.1 Å². The molecule has 5 heteroatoms. The van der Waals surface area contributed by atoms with E-state index >= 15 is 0 Å². The highest BCUT2D eigenvalue weighted by Crippen LogP contribution is 2.28. The summed E-state index contributed by atoms with van der Waals surface area (Å²) in [6.45, 7) is 0. The number of hydrogen-bond donors (Lipinski definition) is 0. The molecule has 1 aliphatic heterocycles. The molecule has 3 heterocycles. The average molecular weight is 176 g/mol. The molecule has 0 aliphatic carbocycles. The minimum atomic E-state index is 0.761. The van der Waals surface area contributed by atoms with E-state index in [0.717, 1.165) is 16.2 Å². The van der Waals surface area contributed by atoms with Gasteiger partial charge in [-0.2, -0.15) is 0 Å². The molecule has 3 rings (SSSR count). The first kappa shape index (κ1) is 6.19. The van der Waals surface area contributed by atoms with Crippen molar-refractivity contribution in [2.75, 3.05) is 0 Å². The van der Waals surface area contributed by atoms with E-state index in [9.17, 15) is 0 Å². The van der Waals surface area contributed by atoms with Crippen LogP contribution in [-0.2, 0) is 0 Å². The molecule has 0 spiro atoms. The van der Waals surface area contributed by atoms with Crippen LogP contribution in [0.4, 0.5) is 0 Å². The van der Waals surface area contributed by atoms with Crippen molar-refractivity contribution in [2.24, 2.45) is 0 Å². The van der Waals surface area contributed by atoms with Gasteiger partial charge >= 0.3 is 0 Å². The molecule has 0 radical (unpaired) electrons. The van der Waals surface area contributed by atoms with Gasteiger partial charge in [0.1, 0.15) is 23.2 Å².